The lowest BCUT2D eigenvalue weighted by atomic mass is 9.85. The summed E-state index contributed by atoms with van der Waals surface area (Å²) in [5, 5.41) is 50.3. The van der Waals surface area contributed by atoms with Crippen molar-refractivity contribution in [1.82, 2.24) is 0 Å². The molecule has 13 heteroatoms. The zero-order chi connectivity index (χ0) is 46.9. The van der Waals surface area contributed by atoms with Crippen LogP contribution in [0.15, 0.2) is 48.6 Å². The predicted molar refractivity (Wildman–Crippen MR) is 258 cm³/mol. The summed E-state index contributed by atoms with van der Waals surface area (Å²) >= 11 is 0. The second kappa shape index (κ2) is 41.5. The summed E-state index contributed by atoms with van der Waals surface area (Å²) in [6, 6.07) is 0. The van der Waals surface area contributed by atoms with Crippen LogP contribution in [0.5, 0.6) is 0 Å². The van der Waals surface area contributed by atoms with Gasteiger partial charge in [-0.3, -0.25) is 13.8 Å². The van der Waals surface area contributed by atoms with Gasteiger partial charge in [-0.1, -0.05) is 172 Å². The Bertz CT molecular complexity index is 1240. The molecule has 1 rings (SSSR count). The molecule has 0 radical (unpaired) electrons. The lowest BCUT2D eigenvalue weighted by Crippen LogP contribution is -2.64. The number of phosphoric ester groups is 1. The first-order valence-electron chi connectivity index (χ1n) is 25.5. The Hall–Kier alpha value is -1.70. The number of aliphatic hydroxyl groups is 5. The molecule has 1 fully saturated rings. The Morgan fingerprint density at radius 2 is 0.875 bits per heavy atom. The lowest BCUT2D eigenvalue weighted by molar-refractivity contribution is -0.220. The second-order valence-electron chi connectivity index (χ2n) is 17.7. The van der Waals surface area contributed by atoms with Gasteiger partial charge in [0.05, 0.1) is 13.2 Å². The van der Waals surface area contributed by atoms with Crippen LogP contribution in [0.25, 0.3) is 0 Å². The zero-order valence-corrected chi connectivity index (χ0v) is 41.0. The van der Waals surface area contributed by atoms with E-state index in [0.717, 1.165) is 77.0 Å². The molecule has 6 unspecified atom stereocenters. The van der Waals surface area contributed by atoms with E-state index in [4.69, 9.17) is 18.5 Å². The average molecular weight is 929 g/mol. The van der Waals surface area contributed by atoms with E-state index >= 15 is 0 Å². The molecule has 64 heavy (non-hydrogen) atoms. The zero-order valence-electron chi connectivity index (χ0n) is 40.1. The van der Waals surface area contributed by atoms with Crippen molar-refractivity contribution in [3.8, 4) is 0 Å². The fourth-order valence-corrected chi connectivity index (χ4v) is 8.57. The highest BCUT2D eigenvalue weighted by Gasteiger charge is 2.51. The van der Waals surface area contributed by atoms with Crippen molar-refractivity contribution >= 4 is 13.8 Å². The Labute approximate surface area is 388 Å². The van der Waals surface area contributed by atoms with Gasteiger partial charge in [-0.2, -0.15) is 0 Å². The molecule has 0 amide bonds. The van der Waals surface area contributed by atoms with Gasteiger partial charge >= 0.3 is 13.8 Å². The van der Waals surface area contributed by atoms with E-state index < -0.39 is 63.1 Å². The molecule has 1 aliphatic rings. The summed E-state index contributed by atoms with van der Waals surface area (Å²) in [5.74, 6) is -0.487. The van der Waals surface area contributed by atoms with E-state index in [1.807, 2.05) is 0 Å². The third kappa shape index (κ3) is 32.9. The van der Waals surface area contributed by atoms with E-state index in [1.54, 1.807) is 0 Å². The van der Waals surface area contributed by atoms with Crippen molar-refractivity contribution in [1.29, 1.82) is 0 Å². The quantitative estimate of drug-likeness (QED) is 0.0147. The average Bonchev–Trinajstić information content (AvgIpc) is 3.28. The van der Waals surface area contributed by atoms with E-state index in [9.17, 15) is 39.8 Å². The number of hydrogen-bond acceptors (Lipinski definition) is 11. The van der Waals surface area contributed by atoms with Gasteiger partial charge in [0.25, 0.3) is 0 Å². The van der Waals surface area contributed by atoms with Crippen LogP contribution in [0.3, 0.4) is 0 Å². The largest absolute Gasteiger partial charge is 0.472 e. The SMILES string of the molecule is CCCCCC/C=C\CCCCCCCCOCC(COP(=O)(O)OC1C(O)C(O)C(O)C(O)C1O)OC(=O)CCCCCCCCCC/C=C\C/C=C\C/C=C\CCCCCCC. The molecule has 0 aromatic carbocycles. The van der Waals surface area contributed by atoms with Crippen LogP contribution in [0.4, 0.5) is 0 Å². The summed E-state index contributed by atoms with van der Waals surface area (Å²) in [7, 11) is -5.02. The molecule has 374 valence electrons. The first kappa shape index (κ1) is 60.3. The summed E-state index contributed by atoms with van der Waals surface area (Å²) in [6.45, 7) is 4.22. The van der Waals surface area contributed by atoms with Crippen LogP contribution in [0.2, 0.25) is 0 Å². The molecular formula is C51H93O12P. The number of aliphatic hydroxyl groups excluding tert-OH is 5. The van der Waals surface area contributed by atoms with E-state index in [-0.39, 0.29) is 13.0 Å². The second-order valence-corrected chi connectivity index (χ2v) is 19.1. The topological polar surface area (TPSA) is 192 Å². The first-order chi connectivity index (χ1) is 31.0. The molecule has 6 atom stereocenters. The fraction of sp³-hybridized carbons (Fsp3) is 0.824. The number of carbonyl (C=O) groups excluding carboxylic acids is 1. The number of ether oxygens (including phenoxy) is 2. The van der Waals surface area contributed by atoms with Crippen LogP contribution in [-0.4, -0.2) is 98.9 Å². The van der Waals surface area contributed by atoms with Gasteiger partial charge in [-0.15, -0.1) is 0 Å². The lowest BCUT2D eigenvalue weighted by Gasteiger charge is -2.41. The van der Waals surface area contributed by atoms with Crippen LogP contribution in [0, 0.1) is 0 Å². The van der Waals surface area contributed by atoms with E-state index in [1.165, 1.54) is 103 Å². The highest BCUT2D eigenvalue weighted by Crippen LogP contribution is 2.47. The van der Waals surface area contributed by atoms with Gasteiger partial charge in [0.1, 0.15) is 42.7 Å². The minimum Gasteiger partial charge on any atom is -0.457 e. The molecule has 1 saturated carbocycles. The van der Waals surface area contributed by atoms with Crippen molar-refractivity contribution in [3.05, 3.63) is 48.6 Å². The standard InChI is InChI=1S/C51H93O12P/c1-3-5-7-9-11-13-15-17-19-20-21-22-23-24-25-26-27-28-30-32-34-36-38-40-45(52)62-44(42-60-41-39-37-35-33-31-29-18-16-14-12-10-8-6-4-2)43-61-64(58,59)63-51-49(56)47(54)46(53)48(55)50(51)57/h14-17,20-21,23-24,44,46-51,53-57H,3-13,18-19,22,25-43H2,1-2H3,(H,58,59)/b16-14-,17-15-,21-20-,24-23-. The van der Waals surface area contributed by atoms with Gasteiger partial charge in [-0.25, -0.2) is 4.57 Å². The molecule has 0 heterocycles. The van der Waals surface area contributed by atoms with Gasteiger partial charge in [0.2, 0.25) is 0 Å². The highest BCUT2D eigenvalue weighted by atomic mass is 31.2. The van der Waals surface area contributed by atoms with Crippen LogP contribution in [-0.2, 0) is 27.9 Å². The number of hydrogen-bond donors (Lipinski definition) is 6. The normalized spacial score (nSPS) is 22.1. The van der Waals surface area contributed by atoms with Crippen molar-refractivity contribution < 1.29 is 58.3 Å². The molecule has 0 saturated heterocycles. The molecule has 0 spiro atoms. The highest BCUT2D eigenvalue weighted by molar-refractivity contribution is 7.47. The molecule has 1 aliphatic carbocycles. The Morgan fingerprint density at radius 1 is 0.500 bits per heavy atom. The maximum atomic E-state index is 12.8. The van der Waals surface area contributed by atoms with Gasteiger partial charge in [0.15, 0.2) is 0 Å². The molecule has 0 bridgehead atoms. The molecule has 0 aromatic heterocycles. The smallest absolute Gasteiger partial charge is 0.457 e. The molecule has 12 nitrogen and oxygen atoms in total. The van der Waals surface area contributed by atoms with Crippen molar-refractivity contribution in [3.63, 3.8) is 0 Å². The molecule has 0 aliphatic heterocycles. The van der Waals surface area contributed by atoms with Crippen molar-refractivity contribution in [2.75, 3.05) is 19.8 Å². The van der Waals surface area contributed by atoms with E-state index in [2.05, 4.69) is 62.5 Å². The summed E-state index contributed by atoms with van der Waals surface area (Å²) in [4.78, 5) is 23.2. The predicted octanol–water partition coefficient (Wildman–Crippen LogP) is 11.2. The molecule has 0 aromatic rings. The number of allylic oxidation sites excluding steroid dienone is 8. The molecular weight excluding hydrogens is 836 g/mol. The van der Waals surface area contributed by atoms with Crippen LogP contribution in [0.1, 0.15) is 206 Å². The van der Waals surface area contributed by atoms with Gasteiger partial charge in [-0.05, 0) is 77.0 Å². The third-order valence-electron chi connectivity index (χ3n) is 11.7. The maximum absolute atomic E-state index is 12.8. The van der Waals surface area contributed by atoms with Gasteiger partial charge in [0, 0.05) is 13.0 Å². The maximum Gasteiger partial charge on any atom is 0.472 e. The van der Waals surface area contributed by atoms with Gasteiger partial charge < -0.3 is 39.9 Å². The number of esters is 1. The summed E-state index contributed by atoms with van der Waals surface area (Å²) < 4.78 is 34.2. The monoisotopic (exact) mass is 929 g/mol. The minimum atomic E-state index is -5.02. The van der Waals surface area contributed by atoms with Crippen molar-refractivity contribution in [2.24, 2.45) is 0 Å². The Kier molecular flexibility index (Phi) is 39.1. The van der Waals surface area contributed by atoms with E-state index in [0.29, 0.717) is 13.0 Å². The number of carbonyl (C=O) groups is 1. The number of phosphoric acid groups is 1. The van der Waals surface area contributed by atoms with Crippen LogP contribution >= 0.6 is 7.82 Å². The van der Waals surface area contributed by atoms with Crippen molar-refractivity contribution in [2.45, 2.75) is 249 Å². The Morgan fingerprint density at radius 3 is 1.36 bits per heavy atom. The molecule has 6 N–H and O–H groups in total. The summed E-state index contributed by atoms with van der Waals surface area (Å²) in [5.41, 5.74) is 0. The third-order valence-corrected chi connectivity index (χ3v) is 12.7. The Balaban J connectivity index is 2.34. The number of unbranched alkanes of at least 4 members (excludes halogenated alkanes) is 23. The minimum absolute atomic E-state index is 0.0845. The summed E-state index contributed by atoms with van der Waals surface area (Å²) in [6.07, 6.45) is 38.9. The van der Waals surface area contributed by atoms with Crippen LogP contribution < -0.4 is 0 Å². The fourth-order valence-electron chi connectivity index (χ4n) is 7.59. The first-order valence-corrected chi connectivity index (χ1v) is 27.0. The number of rotatable bonds is 43.